The van der Waals surface area contributed by atoms with Crippen LogP contribution in [0.5, 0.6) is 5.75 Å². The third kappa shape index (κ3) is 4.00. The highest BCUT2D eigenvalue weighted by Crippen LogP contribution is 2.27. The van der Waals surface area contributed by atoms with Gasteiger partial charge in [-0.05, 0) is 42.7 Å². The molecule has 120 valence electrons. The molecule has 1 aliphatic rings. The quantitative estimate of drug-likeness (QED) is 0.858. The highest BCUT2D eigenvalue weighted by molar-refractivity contribution is 5.92. The summed E-state index contributed by atoms with van der Waals surface area (Å²) in [6, 6.07) is 11.6. The minimum absolute atomic E-state index is 0.108. The van der Waals surface area contributed by atoms with Crippen LogP contribution >= 0.6 is 0 Å². The topological polar surface area (TPSA) is 63.2 Å². The molecule has 23 heavy (non-hydrogen) atoms. The number of methoxy groups -OCH3 is 1. The van der Waals surface area contributed by atoms with Gasteiger partial charge < -0.3 is 15.4 Å². The number of ether oxygens (including phenoxy) is 1. The molecule has 2 N–H and O–H groups in total. The SMILES string of the molecule is COc1ccc(CNc2ccc(NC(=O)C3CCC3)cn2)cc1. The molecule has 1 amide bonds. The molecule has 5 nitrogen and oxygen atoms in total. The molecule has 1 aromatic heterocycles. The lowest BCUT2D eigenvalue weighted by atomic mass is 9.85. The largest absolute Gasteiger partial charge is 0.497 e. The van der Waals surface area contributed by atoms with Crippen LogP contribution in [-0.2, 0) is 11.3 Å². The van der Waals surface area contributed by atoms with E-state index >= 15 is 0 Å². The van der Waals surface area contributed by atoms with E-state index in [4.69, 9.17) is 4.74 Å². The highest BCUT2D eigenvalue weighted by atomic mass is 16.5. The van der Waals surface area contributed by atoms with Crippen LogP contribution in [0.25, 0.3) is 0 Å². The van der Waals surface area contributed by atoms with Gasteiger partial charge in [-0.1, -0.05) is 18.6 Å². The first kappa shape index (κ1) is 15.3. The van der Waals surface area contributed by atoms with E-state index < -0.39 is 0 Å². The molecule has 1 aliphatic carbocycles. The molecule has 0 aliphatic heterocycles. The first-order chi connectivity index (χ1) is 11.2. The second kappa shape index (κ2) is 7.13. The lowest BCUT2D eigenvalue weighted by Gasteiger charge is -2.23. The second-order valence-electron chi connectivity index (χ2n) is 5.75. The minimum Gasteiger partial charge on any atom is -0.497 e. The number of rotatable bonds is 6. The number of anilines is 2. The Hall–Kier alpha value is -2.56. The normalized spacial score (nSPS) is 14.0. The van der Waals surface area contributed by atoms with E-state index in [1.807, 2.05) is 36.4 Å². The third-order valence-electron chi connectivity index (χ3n) is 4.14. The number of nitrogens with one attached hydrogen (secondary N) is 2. The van der Waals surface area contributed by atoms with Gasteiger partial charge in [0.1, 0.15) is 11.6 Å². The number of benzene rings is 1. The van der Waals surface area contributed by atoms with Gasteiger partial charge in [-0.25, -0.2) is 4.98 Å². The van der Waals surface area contributed by atoms with Crippen molar-refractivity contribution in [3.63, 3.8) is 0 Å². The summed E-state index contributed by atoms with van der Waals surface area (Å²) < 4.78 is 5.14. The highest BCUT2D eigenvalue weighted by Gasteiger charge is 2.25. The van der Waals surface area contributed by atoms with E-state index in [9.17, 15) is 4.79 Å². The average Bonchev–Trinajstić information content (AvgIpc) is 2.53. The summed E-state index contributed by atoms with van der Waals surface area (Å²) in [5.74, 6) is 1.92. The fraction of sp³-hybridized carbons (Fsp3) is 0.333. The molecule has 5 heteroatoms. The van der Waals surface area contributed by atoms with Gasteiger partial charge in [0.25, 0.3) is 0 Å². The van der Waals surface area contributed by atoms with Gasteiger partial charge >= 0.3 is 0 Å². The van der Waals surface area contributed by atoms with Crippen molar-refractivity contribution in [3.05, 3.63) is 48.2 Å². The maximum absolute atomic E-state index is 11.9. The molecular weight excluding hydrogens is 290 g/mol. The molecule has 1 fully saturated rings. The summed E-state index contributed by atoms with van der Waals surface area (Å²) in [5.41, 5.74) is 1.90. The molecule has 0 bridgehead atoms. The average molecular weight is 311 g/mol. The van der Waals surface area contributed by atoms with Crippen molar-refractivity contribution in [3.8, 4) is 5.75 Å². The van der Waals surface area contributed by atoms with Crippen molar-refractivity contribution in [2.45, 2.75) is 25.8 Å². The molecule has 0 spiro atoms. The molecule has 0 unspecified atom stereocenters. The van der Waals surface area contributed by atoms with Gasteiger partial charge in [0, 0.05) is 12.5 Å². The lowest BCUT2D eigenvalue weighted by Crippen LogP contribution is -2.28. The van der Waals surface area contributed by atoms with E-state index in [0.29, 0.717) is 6.54 Å². The Morgan fingerprint density at radius 2 is 2.00 bits per heavy atom. The maximum Gasteiger partial charge on any atom is 0.227 e. The second-order valence-corrected chi connectivity index (χ2v) is 5.75. The summed E-state index contributed by atoms with van der Waals surface area (Å²) in [6.45, 7) is 0.685. The van der Waals surface area contributed by atoms with E-state index in [1.54, 1.807) is 13.3 Å². The van der Waals surface area contributed by atoms with Crippen LogP contribution in [0.3, 0.4) is 0 Å². The molecule has 2 aromatic rings. The van der Waals surface area contributed by atoms with Crippen molar-refractivity contribution in [2.24, 2.45) is 5.92 Å². The molecule has 0 saturated heterocycles. The summed E-state index contributed by atoms with van der Waals surface area (Å²) in [7, 11) is 1.66. The molecular formula is C18H21N3O2. The first-order valence-electron chi connectivity index (χ1n) is 7.88. The Kier molecular flexibility index (Phi) is 4.76. The van der Waals surface area contributed by atoms with Crippen LogP contribution in [0.2, 0.25) is 0 Å². The molecule has 1 saturated carbocycles. The van der Waals surface area contributed by atoms with Gasteiger partial charge in [-0.2, -0.15) is 0 Å². The minimum atomic E-state index is 0.108. The zero-order valence-corrected chi connectivity index (χ0v) is 13.2. The van der Waals surface area contributed by atoms with E-state index in [0.717, 1.165) is 42.1 Å². The van der Waals surface area contributed by atoms with E-state index in [1.165, 1.54) is 0 Å². The Balaban J connectivity index is 1.51. The summed E-state index contributed by atoms with van der Waals surface area (Å²) in [4.78, 5) is 16.2. The van der Waals surface area contributed by atoms with E-state index in [-0.39, 0.29) is 11.8 Å². The number of carbonyl (C=O) groups is 1. The van der Waals surface area contributed by atoms with Gasteiger partial charge in [0.15, 0.2) is 0 Å². The summed E-state index contributed by atoms with van der Waals surface area (Å²) in [6.07, 6.45) is 4.85. The standard InChI is InChI=1S/C18H21N3O2/c1-23-16-8-5-13(6-9-16)11-19-17-10-7-15(12-20-17)21-18(22)14-3-2-4-14/h5-10,12,14H,2-4,11H2,1H3,(H,19,20)(H,21,22). The molecule has 1 heterocycles. The third-order valence-corrected chi connectivity index (χ3v) is 4.14. The monoisotopic (exact) mass is 311 g/mol. The summed E-state index contributed by atoms with van der Waals surface area (Å²) in [5, 5.41) is 6.17. The summed E-state index contributed by atoms with van der Waals surface area (Å²) >= 11 is 0. The van der Waals surface area contributed by atoms with Crippen LogP contribution < -0.4 is 15.4 Å². The molecule has 1 aromatic carbocycles. The smallest absolute Gasteiger partial charge is 0.227 e. The lowest BCUT2D eigenvalue weighted by molar-refractivity contribution is -0.122. The number of nitrogens with zero attached hydrogens (tertiary/aromatic N) is 1. The number of hydrogen-bond donors (Lipinski definition) is 2. The van der Waals surface area contributed by atoms with Crippen LogP contribution in [0.15, 0.2) is 42.6 Å². The van der Waals surface area contributed by atoms with Crippen LogP contribution in [0, 0.1) is 5.92 Å². The Bertz CT molecular complexity index is 649. The predicted octanol–water partition coefficient (Wildman–Crippen LogP) is 3.44. The fourth-order valence-electron chi connectivity index (χ4n) is 2.42. The Morgan fingerprint density at radius 3 is 2.57 bits per heavy atom. The van der Waals surface area contributed by atoms with Crippen molar-refractivity contribution in [2.75, 3.05) is 17.7 Å². The van der Waals surface area contributed by atoms with Crippen molar-refractivity contribution in [1.82, 2.24) is 4.98 Å². The van der Waals surface area contributed by atoms with Crippen molar-refractivity contribution in [1.29, 1.82) is 0 Å². The van der Waals surface area contributed by atoms with Gasteiger partial charge in [-0.3, -0.25) is 4.79 Å². The maximum atomic E-state index is 11.9. The number of carbonyl (C=O) groups excluding carboxylic acids is 1. The zero-order chi connectivity index (χ0) is 16.1. The van der Waals surface area contributed by atoms with Gasteiger partial charge in [0.05, 0.1) is 19.0 Å². The fourth-order valence-corrected chi connectivity index (χ4v) is 2.42. The van der Waals surface area contributed by atoms with Crippen LogP contribution in [0.4, 0.5) is 11.5 Å². The van der Waals surface area contributed by atoms with Gasteiger partial charge in [-0.15, -0.1) is 0 Å². The van der Waals surface area contributed by atoms with E-state index in [2.05, 4.69) is 15.6 Å². The molecule has 3 rings (SSSR count). The molecule has 0 atom stereocenters. The van der Waals surface area contributed by atoms with Crippen LogP contribution in [0.1, 0.15) is 24.8 Å². The van der Waals surface area contributed by atoms with Crippen LogP contribution in [-0.4, -0.2) is 18.0 Å². The van der Waals surface area contributed by atoms with Crippen molar-refractivity contribution < 1.29 is 9.53 Å². The van der Waals surface area contributed by atoms with Crippen molar-refractivity contribution >= 4 is 17.4 Å². The zero-order valence-electron chi connectivity index (χ0n) is 13.2. The number of pyridine rings is 1. The Labute approximate surface area is 136 Å². The number of aromatic nitrogens is 1. The predicted molar refractivity (Wildman–Crippen MR) is 90.5 cm³/mol. The number of amides is 1. The number of hydrogen-bond acceptors (Lipinski definition) is 4. The molecule has 0 radical (unpaired) electrons. The first-order valence-corrected chi connectivity index (χ1v) is 7.88. The Morgan fingerprint density at radius 1 is 1.22 bits per heavy atom. The van der Waals surface area contributed by atoms with Gasteiger partial charge in [0.2, 0.25) is 5.91 Å².